The summed E-state index contributed by atoms with van der Waals surface area (Å²) in [6.07, 6.45) is 3.97. The topological polar surface area (TPSA) is 37.4 Å². The van der Waals surface area contributed by atoms with Gasteiger partial charge in [0.1, 0.15) is 0 Å². The Balaban J connectivity index is 1.93. The molecule has 0 fully saturated rings. The molecule has 1 amide bonds. The molecule has 2 aromatic rings. The van der Waals surface area contributed by atoms with Gasteiger partial charge in [-0.1, -0.05) is 54.6 Å². The normalized spacial score (nSPS) is 16.2. The van der Waals surface area contributed by atoms with Crippen LogP contribution >= 0.6 is 0 Å². The molecule has 0 aromatic heterocycles. The molecule has 3 heteroatoms. The molecule has 110 valence electrons. The zero-order valence-corrected chi connectivity index (χ0v) is 12.4. The number of carbonyl (C=O) groups excluding carboxylic acids is 2. The number of fused-ring (bicyclic) bond motifs is 1. The van der Waals surface area contributed by atoms with Gasteiger partial charge in [0.25, 0.3) is 0 Å². The summed E-state index contributed by atoms with van der Waals surface area (Å²) in [4.78, 5) is 26.1. The van der Waals surface area contributed by atoms with Crippen LogP contribution in [-0.4, -0.2) is 16.6 Å². The molecule has 0 saturated heterocycles. The van der Waals surface area contributed by atoms with Gasteiger partial charge in [0.05, 0.1) is 6.04 Å². The summed E-state index contributed by atoms with van der Waals surface area (Å²) in [6, 6.07) is 16.9. The lowest BCUT2D eigenvalue weighted by atomic mass is 9.91. The van der Waals surface area contributed by atoms with E-state index in [9.17, 15) is 9.59 Å². The maximum Gasteiger partial charge on any atom is 0.223 e. The van der Waals surface area contributed by atoms with E-state index in [0.29, 0.717) is 5.56 Å². The van der Waals surface area contributed by atoms with Crippen LogP contribution in [0.4, 0.5) is 0 Å². The molecule has 1 atom stereocenters. The molecule has 2 aromatic carbocycles. The summed E-state index contributed by atoms with van der Waals surface area (Å²) in [5, 5.41) is 0. The van der Waals surface area contributed by atoms with Gasteiger partial charge in [-0.2, -0.15) is 0 Å². The Kier molecular flexibility index (Phi) is 3.88. The van der Waals surface area contributed by atoms with Crippen molar-refractivity contribution in [2.24, 2.45) is 0 Å². The molecular formula is C19H17NO2. The molecular weight excluding hydrogens is 274 g/mol. The van der Waals surface area contributed by atoms with Crippen molar-refractivity contribution in [3.05, 3.63) is 77.5 Å². The van der Waals surface area contributed by atoms with Crippen molar-refractivity contribution in [2.75, 3.05) is 0 Å². The van der Waals surface area contributed by atoms with Gasteiger partial charge in [-0.25, -0.2) is 0 Å². The number of ketones is 1. The third kappa shape index (κ3) is 2.70. The summed E-state index contributed by atoms with van der Waals surface area (Å²) in [5.41, 5.74) is 2.76. The van der Waals surface area contributed by atoms with Crippen molar-refractivity contribution < 1.29 is 9.59 Å². The zero-order chi connectivity index (χ0) is 15.5. The summed E-state index contributed by atoms with van der Waals surface area (Å²) in [6.45, 7) is 1.53. The number of hydrogen-bond acceptors (Lipinski definition) is 2. The number of carbonyl (C=O) groups is 2. The fourth-order valence-electron chi connectivity index (χ4n) is 2.83. The van der Waals surface area contributed by atoms with Crippen molar-refractivity contribution >= 4 is 17.8 Å². The Bertz CT molecular complexity index is 734. The molecule has 0 spiro atoms. The largest absolute Gasteiger partial charge is 0.311 e. The zero-order valence-electron chi connectivity index (χ0n) is 12.4. The van der Waals surface area contributed by atoms with E-state index in [0.717, 1.165) is 11.1 Å². The highest BCUT2D eigenvalue weighted by atomic mass is 16.2. The van der Waals surface area contributed by atoms with Gasteiger partial charge in [-0.05, 0) is 17.2 Å². The molecule has 1 unspecified atom stereocenters. The SMILES string of the molecule is CC(=O)N1C=Cc2ccccc2C1CC(=O)c1ccccc1. The predicted octanol–water partition coefficient (Wildman–Crippen LogP) is 3.83. The molecule has 0 saturated carbocycles. The quantitative estimate of drug-likeness (QED) is 0.806. The van der Waals surface area contributed by atoms with Gasteiger partial charge in [0.2, 0.25) is 5.91 Å². The molecule has 0 N–H and O–H groups in total. The molecule has 1 heterocycles. The van der Waals surface area contributed by atoms with Crippen LogP contribution in [0.15, 0.2) is 60.8 Å². The molecule has 0 bridgehead atoms. The first-order valence-electron chi connectivity index (χ1n) is 7.31. The Morgan fingerprint density at radius 1 is 1.00 bits per heavy atom. The molecule has 0 aliphatic carbocycles. The number of nitrogens with zero attached hydrogens (tertiary/aromatic N) is 1. The van der Waals surface area contributed by atoms with E-state index >= 15 is 0 Å². The van der Waals surface area contributed by atoms with E-state index in [2.05, 4.69) is 0 Å². The maximum atomic E-state index is 12.5. The van der Waals surface area contributed by atoms with Crippen molar-refractivity contribution in [3.63, 3.8) is 0 Å². The molecule has 3 nitrogen and oxygen atoms in total. The number of benzene rings is 2. The highest BCUT2D eigenvalue weighted by molar-refractivity contribution is 5.97. The Morgan fingerprint density at radius 2 is 1.68 bits per heavy atom. The standard InChI is InChI=1S/C19H17NO2/c1-14(21)20-12-11-15-7-5-6-10-17(15)18(20)13-19(22)16-8-3-2-4-9-16/h2-12,18H,13H2,1H3. The summed E-state index contributed by atoms with van der Waals surface area (Å²) in [5.74, 6) is -0.0152. The number of hydrogen-bond donors (Lipinski definition) is 0. The maximum absolute atomic E-state index is 12.5. The van der Waals surface area contributed by atoms with Gasteiger partial charge in [0, 0.05) is 25.1 Å². The monoisotopic (exact) mass is 291 g/mol. The van der Waals surface area contributed by atoms with Crippen LogP contribution in [0, 0.1) is 0 Å². The van der Waals surface area contributed by atoms with E-state index in [1.807, 2.05) is 60.7 Å². The summed E-state index contributed by atoms with van der Waals surface area (Å²) < 4.78 is 0. The molecule has 22 heavy (non-hydrogen) atoms. The molecule has 0 radical (unpaired) electrons. The second-order valence-corrected chi connectivity index (χ2v) is 5.38. The second kappa shape index (κ2) is 5.98. The molecule has 1 aliphatic heterocycles. The first-order chi connectivity index (χ1) is 10.7. The lowest BCUT2D eigenvalue weighted by Gasteiger charge is -2.32. The fraction of sp³-hybridized carbons (Fsp3) is 0.158. The van der Waals surface area contributed by atoms with Crippen LogP contribution in [0.5, 0.6) is 0 Å². The van der Waals surface area contributed by atoms with Crippen LogP contribution in [0.2, 0.25) is 0 Å². The number of rotatable bonds is 3. The minimum atomic E-state index is -0.244. The van der Waals surface area contributed by atoms with E-state index in [4.69, 9.17) is 0 Å². The van der Waals surface area contributed by atoms with Crippen LogP contribution in [0.25, 0.3) is 6.08 Å². The number of Topliss-reactive ketones (excluding diaryl/α,β-unsaturated/α-hetero) is 1. The van der Waals surface area contributed by atoms with Gasteiger partial charge in [0.15, 0.2) is 5.78 Å². The first-order valence-corrected chi connectivity index (χ1v) is 7.31. The van der Waals surface area contributed by atoms with Crippen molar-refractivity contribution in [2.45, 2.75) is 19.4 Å². The second-order valence-electron chi connectivity index (χ2n) is 5.38. The first kappa shape index (κ1) is 14.3. The minimum absolute atomic E-state index is 0.0435. The van der Waals surface area contributed by atoms with Crippen molar-refractivity contribution in [1.29, 1.82) is 0 Å². The average Bonchev–Trinajstić information content (AvgIpc) is 2.55. The van der Waals surface area contributed by atoms with Gasteiger partial charge in [-0.3, -0.25) is 9.59 Å². The van der Waals surface area contributed by atoms with E-state index in [1.54, 1.807) is 11.1 Å². The lowest BCUT2D eigenvalue weighted by Crippen LogP contribution is -2.32. The Labute approximate surface area is 129 Å². The molecule has 1 aliphatic rings. The van der Waals surface area contributed by atoms with Crippen LogP contribution in [0.3, 0.4) is 0 Å². The van der Waals surface area contributed by atoms with Gasteiger partial charge < -0.3 is 4.90 Å². The average molecular weight is 291 g/mol. The van der Waals surface area contributed by atoms with E-state index in [-0.39, 0.29) is 24.2 Å². The van der Waals surface area contributed by atoms with Crippen LogP contribution < -0.4 is 0 Å². The third-order valence-corrected chi connectivity index (χ3v) is 3.94. The van der Waals surface area contributed by atoms with E-state index in [1.165, 1.54) is 6.92 Å². The minimum Gasteiger partial charge on any atom is -0.311 e. The molecule has 3 rings (SSSR count). The third-order valence-electron chi connectivity index (χ3n) is 3.94. The van der Waals surface area contributed by atoms with Crippen molar-refractivity contribution in [3.8, 4) is 0 Å². The number of amides is 1. The summed E-state index contributed by atoms with van der Waals surface area (Å²) in [7, 11) is 0. The van der Waals surface area contributed by atoms with Crippen LogP contribution in [0.1, 0.15) is 40.9 Å². The Hall–Kier alpha value is -2.68. The Morgan fingerprint density at radius 3 is 2.41 bits per heavy atom. The fourth-order valence-corrected chi connectivity index (χ4v) is 2.83. The predicted molar refractivity (Wildman–Crippen MR) is 86.1 cm³/mol. The van der Waals surface area contributed by atoms with E-state index < -0.39 is 0 Å². The van der Waals surface area contributed by atoms with Crippen LogP contribution in [-0.2, 0) is 4.79 Å². The lowest BCUT2D eigenvalue weighted by molar-refractivity contribution is -0.128. The smallest absolute Gasteiger partial charge is 0.223 e. The van der Waals surface area contributed by atoms with Gasteiger partial charge >= 0.3 is 0 Å². The van der Waals surface area contributed by atoms with Gasteiger partial charge in [-0.15, -0.1) is 0 Å². The van der Waals surface area contributed by atoms with Crippen molar-refractivity contribution in [1.82, 2.24) is 4.90 Å². The highest BCUT2D eigenvalue weighted by Crippen LogP contribution is 2.33. The highest BCUT2D eigenvalue weighted by Gasteiger charge is 2.28. The summed E-state index contributed by atoms with van der Waals surface area (Å²) >= 11 is 0.